The molecule has 1 aliphatic heterocycles. The van der Waals surface area contributed by atoms with Gasteiger partial charge in [0.1, 0.15) is 0 Å². The van der Waals surface area contributed by atoms with E-state index in [2.05, 4.69) is 5.32 Å². The predicted octanol–water partition coefficient (Wildman–Crippen LogP) is 5.70. The van der Waals surface area contributed by atoms with Crippen LogP contribution in [0.15, 0.2) is 18.2 Å². The molecule has 1 heterocycles. The van der Waals surface area contributed by atoms with Crippen molar-refractivity contribution in [3.8, 4) is 0 Å². The zero-order valence-corrected chi connectivity index (χ0v) is 16.7. The fraction of sp³-hybridized carbons (Fsp3) is 0.667. The molecule has 1 aliphatic carbocycles. The second kappa shape index (κ2) is 9.87. The summed E-state index contributed by atoms with van der Waals surface area (Å²) in [7, 11) is 0. The Morgan fingerprint density at radius 1 is 0.821 bits per heavy atom. The highest BCUT2D eigenvalue weighted by Gasteiger charge is 2.39. The van der Waals surface area contributed by atoms with Crippen molar-refractivity contribution in [2.24, 2.45) is 5.92 Å². The van der Waals surface area contributed by atoms with E-state index in [1.807, 2.05) is 4.90 Å². The number of halogens is 8. The van der Waals surface area contributed by atoms with Crippen molar-refractivity contribution in [1.82, 2.24) is 10.2 Å². The summed E-state index contributed by atoms with van der Waals surface area (Å²) in [5.41, 5.74) is -2.30. The van der Waals surface area contributed by atoms with E-state index in [0.717, 1.165) is 37.8 Å². The zero-order valence-electron chi connectivity index (χ0n) is 15.1. The third-order valence-corrected chi connectivity index (χ3v) is 5.34. The van der Waals surface area contributed by atoms with Gasteiger partial charge in [-0.2, -0.15) is 26.3 Å². The molecular formula is C18H24Cl2F6N2. The van der Waals surface area contributed by atoms with Crippen LogP contribution in [0.1, 0.15) is 48.4 Å². The summed E-state index contributed by atoms with van der Waals surface area (Å²) in [6, 6.07) is 1.65. The van der Waals surface area contributed by atoms with Gasteiger partial charge in [0.25, 0.3) is 0 Å². The Hall–Kier alpha value is -0.700. The molecule has 1 saturated heterocycles. The molecule has 3 rings (SSSR count). The largest absolute Gasteiger partial charge is 0.416 e. The van der Waals surface area contributed by atoms with Crippen molar-refractivity contribution in [3.05, 3.63) is 34.9 Å². The Labute approximate surface area is 172 Å². The molecule has 2 fully saturated rings. The van der Waals surface area contributed by atoms with Crippen molar-refractivity contribution in [1.29, 1.82) is 0 Å². The Balaban J connectivity index is 0.00000196. The molecule has 162 valence electrons. The summed E-state index contributed by atoms with van der Waals surface area (Å²) >= 11 is 0. The van der Waals surface area contributed by atoms with Crippen LogP contribution >= 0.6 is 24.8 Å². The average molecular weight is 453 g/mol. The maximum Gasteiger partial charge on any atom is 0.416 e. The Bertz CT molecular complexity index is 591. The summed E-state index contributed by atoms with van der Waals surface area (Å²) in [6.07, 6.45) is -5.99. The molecule has 0 spiro atoms. The van der Waals surface area contributed by atoms with Crippen molar-refractivity contribution < 1.29 is 26.3 Å². The first-order valence-electron chi connectivity index (χ1n) is 8.90. The van der Waals surface area contributed by atoms with Gasteiger partial charge in [-0.15, -0.1) is 24.8 Å². The van der Waals surface area contributed by atoms with Crippen LogP contribution in [0, 0.1) is 5.92 Å². The van der Waals surface area contributed by atoms with E-state index >= 15 is 0 Å². The van der Waals surface area contributed by atoms with E-state index < -0.39 is 29.5 Å². The second-order valence-corrected chi connectivity index (χ2v) is 7.11. The highest BCUT2D eigenvalue weighted by Crippen LogP contribution is 2.43. The normalized spacial score (nSPS) is 20.4. The standard InChI is InChI=1S/C18H22F6N2.2ClH/c19-17(20,21)14-9-13(10-15(11-14)18(22,23)24)16(12-3-1-2-4-12)26-7-5-25-6-8-26;;/h9-12,16,25H,1-8H2;2*1H/t16-;;/m1../s1. The van der Waals surface area contributed by atoms with Gasteiger partial charge in [0, 0.05) is 32.2 Å². The maximum atomic E-state index is 13.2. The van der Waals surface area contributed by atoms with Gasteiger partial charge in [-0.25, -0.2) is 0 Å². The van der Waals surface area contributed by atoms with Gasteiger partial charge in [0.15, 0.2) is 0 Å². The van der Waals surface area contributed by atoms with Crippen LogP contribution in [0.3, 0.4) is 0 Å². The average Bonchev–Trinajstić information content (AvgIpc) is 3.08. The molecule has 1 aromatic carbocycles. The van der Waals surface area contributed by atoms with Crippen molar-refractivity contribution in [2.45, 2.75) is 44.1 Å². The van der Waals surface area contributed by atoms with E-state index in [-0.39, 0.29) is 42.4 Å². The smallest absolute Gasteiger partial charge is 0.314 e. The van der Waals surface area contributed by atoms with Crippen LogP contribution in [-0.2, 0) is 12.4 Å². The number of alkyl halides is 6. The van der Waals surface area contributed by atoms with Gasteiger partial charge in [-0.3, -0.25) is 4.90 Å². The maximum absolute atomic E-state index is 13.2. The third-order valence-electron chi connectivity index (χ3n) is 5.34. The van der Waals surface area contributed by atoms with Crippen LogP contribution in [0.25, 0.3) is 0 Å². The van der Waals surface area contributed by atoms with E-state index in [1.165, 1.54) is 0 Å². The molecule has 2 nitrogen and oxygen atoms in total. The fourth-order valence-electron chi connectivity index (χ4n) is 4.16. The van der Waals surface area contributed by atoms with Crippen LogP contribution in [0.5, 0.6) is 0 Å². The molecule has 2 aliphatic rings. The van der Waals surface area contributed by atoms with E-state index in [9.17, 15) is 26.3 Å². The van der Waals surface area contributed by atoms with E-state index in [0.29, 0.717) is 26.2 Å². The monoisotopic (exact) mass is 452 g/mol. The van der Waals surface area contributed by atoms with E-state index in [1.54, 1.807) is 0 Å². The minimum Gasteiger partial charge on any atom is -0.314 e. The summed E-state index contributed by atoms with van der Waals surface area (Å²) in [5.74, 6) is 0.0951. The van der Waals surface area contributed by atoms with Crippen molar-refractivity contribution in [2.75, 3.05) is 26.2 Å². The molecule has 0 radical (unpaired) electrons. The number of benzene rings is 1. The SMILES string of the molecule is Cl.Cl.FC(F)(F)c1cc([C@@H](C2CCCC2)N2CCNCC2)cc(C(F)(F)F)c1. The summed E-state index contributed by atoms with van der Waals surface area (Å²) in [6.45, 7) is 2.63. The molecule has 0 bridgehead atoms. The number of hydrogen-bond acceptors (Lipinski definition) is 2. The van der Waals surface area contributed by atoms with Gasteiger partial charge >= 0.3 is 12.4 Å². The van der Waals surface area contributed by atoms with Gasteiger partial charge in [0.2, 0.25) is 0 Å². The molecule has 0 aromatic heterocycles. The van der Waals surface area contributed by atoms with Crippen LogP contribution in [0.2, 0.25) is 0 Å². The Morgan fingerprint density at radius 3 is 1.71 bits per heavy atom. The van der Waals surface area contributed by atoms with Crippen LogP contribution in [-0.4, -0.2) is 31.1 Å². The number of rotatable bonds is 3. The molecule has 1 saturated carbocycles. The first kappa shape index (κ1) is 25.3. The van der Waals surface area contributed by atoms with Crippen LogP contribution in [0.4, 0.5) is 26.3 Å². The minimum absolute atomic E-state index is 0. The zero-order chi connectivity index (χ0) is 18.9. The molecule has 1 atom stereocenters. The fourth-order valence-corrected chi connectivity index (χ4v) is 4.16. The molecular weight excluding hydrogens is 429 g/mol. The van der Waals surface area contributed by atoms with Crippen molar-refractivity contribution >= 4 is 24.8 Å². The lowest BCUT2D eigenvalue weighted by molar-refractivity contribution is -0.143. The lowest BCUT2D eigenvalue weighted by atomic mass is 9.87. The topological polar surface area (TPSA) is 15.3 Å². The third kappa shape index (κ3) is 5.90. The number of piperazine rings is 1. The summed E-state index contributed by atoms with van der Waals surface area (Å²) in [4.78, 5) is 2.04. The predicted molar refractivity (Wildman–Crippen MR) is 100 cm³/mol. The highest BCUT2D eigenvalue weighted by atomic mass is 35.5. The van der Waals surface area contributed by atoms with Crippen LogP contribution < -0.4 is 5.32 Å². The molecule has 10 heteroatoms. The molecule has 1 N–H and O–H groups in total. The molecule has 1 aromatic rings. The lowest BCUT2D eigenvalue weighted by Gasteiger charge is -2.39. The van der Waals surface area contributed by atoms with Gasteiger partial charge in [-0.05, 0) is 42.5 Å². The molecule has 0 unspecified atom stereocenters. The first-order chi connectivity index (χ1) is 12.2. The second-order valence-electron chi connectivity index (χ2n) is 7.11. The van der Waals surface area contributed by atoms with E-state index in [4.69, 9.17) is 0 Å². The minimum atomic E-state index is -4.81. The lowest BCUT2D eigenvalue weighted by Crippen LogP contribution is -2.46. The molecule has 0 amide bonds. The Kier molecular flexibility index (Phi) is 8.93. The molecule has 28 heavy (non-hydrogen) atoms. The summed E-state index contributed by atoms with van der Waals surface area (Å²) < 4.78 is 79.4. The number of nitrogens with zero attached hydrogens (tertiary/aromatic N) is 1. The van der Waals surface area contributed by atoms with Crippen molar-refractivity contribution in [3.63, 3.8) is 0 Å². The highest BCUT2D eigenvalue weighted by molar-refractivity contribution is 5.85. The Morgan fingerprint density at radius 2 is 1.29 bits per heavy atom. The number of nitrogens with one attached hydrogen (secondary N) is 1. The van der Waals surface area contributed by atoms with Gasteiger partial charge in [-0.1, -0.05) is 12.8 Å². The first-order valence-corrected chi connectivity index (χ1v) is 8.90. The van der Waals surface area contributed by atoms with Gasteiger partial charge < -0.3 is 5.32 Å². The summed E-state index contributed by atoms with van der Waals surface area (Å²) in [5, 5.41) is 3.18. The number of hydrogen-bond donors (Lipinski definition) is 1. The van der Waals surface area contributed by atoms with Gasteiger partial charge in [0.05, 0.1) is 11.1 Å². The quantitative estimate of drug-likeness (QED) is 0.591.